The van der Waals surface area contributed by atoms with Crippen LogP contribution in [-0.4, -0.2) is 11.2 Å². The van der Waals surface area contributed by atoms with Gasteiger partial charge < -0.3 is 5.32 Å². The van der Waals surface area contributed by atoms with E-state index in [9.17, 15) is 0 Å². The average Bonchev–Trinajstić information content (AvgIpc) is 2.34. The molecule has 0 bridgehead atoms. The molecule has 110 valence electrons. The third-order valence-electron chi connectivity index (χ3n) is 2.85. The van der Waals surface area contributed by atoms with E-state index in [1.807, 2.05) is 13.8 Å². The SMILES string of the molecule is C=C(NNC(=S)NC(C)C)c1ccc(C(C)(C)C)cc1. The number of hydrazine groups is 1. The van der Waals surface area contributed by atoms with E-state index in [0.29, 0.717) is 11.2 Å². The number of benzene rings is 1. The molecule has 0 heterocycles. The molecule has 0 aliphatic carbocycles. The van der Waals surface area contributed by atoms with Crippen molar-refractivity contribution in [3.05, 3.63) is 42.0 Å². The summed E-state index contributed by atoms with van der Waals surface area (Å²) in [7, 11) is 0. The summed E-state index contributed by atoms with van der Waals surface area (Å²) in [5.74, 6) is 0. The minimum absolute atomic E-state index is 0.161. The Morgan fingerprint density at radius 2 is 1.65 bits per heavy atom. The van der Waals surface area contributed by atoms with E-state index in [-0.39, 0.29) is 5.41 Å². The largest absolute Gasteiger partial charge is 0.359 e. The highest BCUT2D eigenvalue weighted by atomic mass is 32.1. The molecule has 1 aromatic carbocycles. The van der Waals surface area contributed by atoms with E-state index in [0.717, 1.165) is 11.3 Å². The van der Waals surface area contributed by atoms with Gasteiger partial charge in [0.1, 0.15) is 0 Å². The number of rotatable bonds is 4. The summed E-state index contributed by atoms with van der Waals surface area (Å²) in [6.07, 6.45) is 0. The molecule has 1 aromatic rings. The molecule has 0 aliphatic heterocycles. The van der Waals surface area contributed by atoms with Gasteiger partial charge in [-0.1, -0.05) is 51.6 Å². The summed E-state index contributed by atoms with van der Waals surface area (Å²) in [6, 6.07) is 8.70. The van der Waals surface area contributed by atoms with Crippen LogP contribution >= 0.6 is 12.2 Å². The van der Waals surface area contributed by atoms with Crippen molar-refractivity contribution in [3.8, 4) is 0 Å². The van der Waals surface area contributed by atoms with E-state index in [4.69, 9.17) is 12.2 Å². The average molecular weight is 291 g/mol. The predicted octanol–water partition coefficient (Wildman–Crippen LogP) is 3.33. The zero-order chi connectivity index (χ0) is 15.3. The van der Waals surface area contributed by atoms with Crippen LogP contribution in [0.15, 0.2) is 30.8 Å². The topological polar surface area (TPSA) is 36.1 Å². The first-order valence-corrected chi connectivity index (χ1v) is 7.23. The Hall–Kier alpha value is -1.55. The molecule has 0 saturated carbocycles. The first kappa shape index (κ1) is 16.5. The highest BCUT2D eigenvalue weighted by molar-refractivity contribution is 7.80. The van der Waals surface area contributed by atoms with Gasteiger partial charge >= 0.3 is 0 Å². The van der Waals surface area contributed by atoms with Gasteiger partial charge in [0.15, 0.2) is 5.11 Å². The van der Waals surface area contributed by atoms with Gasteiger partial charge in [0, 0.05) is 6.04 Å². The van der Waals surface area contributed by atoms with Crippen molar-refractivity contribution in [2.45, 2.75) is 46.1 Å². The molecule has 0 aromatic heterocycles. The Bertz CT molecular complexity index is 469. The Morgan fingerprint density at radius 1 is 1.10 bits per heavy atom. The summed E-state index contributed by atoms with van der Waals surface area (Å²) < 4.78 is 0. The minimum Gasteiger partial charge on any atom is -0.359 e. The maximum atomic E-state index is 5.14. The Labute approximate surface area is 127 Å². The molecule has 0 fully saturated rings. The molecule has 4 heteroatoms. The molecule has 0 atom stereocenters. The fraction of sp³-hybridized carbons (Fsp3) is 0.438. The van der Waals surface area contributed by atoms with Gasteiger partial charge in [0.05, 0.1) is 5.70 Å². The van der Waals surface area contributed by atoms with Gasteiger partial charge in [0.25, 0.3) is 0 Å². The lowest BCUT2D eigenvalue weighted by Gasteiger charge is -2.20. The fourth-order valence-corrected chi connectivity index (χ4v) is 1.96. The normalized spacial score (nSPS) is 11.1. The van der Waals surface area contributed by atoms with E-state index in [2.05, 4.69) is 67.8 Å². The molecule has 1 rings (SSSR count). The van der Waals surface area contributed by atoms with Crippen LogP contribution in [0, 0.1) is 0 Å². The van der Waals surface area contributed by atoms with E-state index >= 15 is 0 Å². The quantitative estimate of drug-likeness (QED) is 0.587. The predicted molar refractivity (Wildman–Crippen MR) is 91.3 cm³/mol. The van der Waals surface area contributed by atoms with E-state index in [1.165, 1.54) is 5.56 Å². The highest BCUT2D eigenvalue weighted by Crippen LogP contribution is 2.23. The van der Waals surface area contributed by atoms with Crippen molar-refractivity contribution < 1.29 is 0 Å². The van der Waals surface area contributed by atoms with Crippen molar-refractivity contribution in [1.29, 1.82) is 0 Å². The van der Waals surface area contributed by atoms with Crippen molar-refractivity contribution in [3.63, 3.8) is 0 Å². The van der Waals surface area contributed by atoms with E-state index in [1.54, 1.807) is 0 Å². The molecular weight excluding hydrogens is 266 g/mol. The fourth-order valence-electron chi connectivity index (χ4n) is 1.67. The molecule has 3 nitrogen and oxygen atoms in total. The number of thiocarbonyl (C=S) groups is 1. The van der Waals surface area contributed by atoms with Crippen LogP contribution in [0.2, 0.25) is 0 Å². The zero-order valence-corrected chi connectivity index (χ0v) is 13.8. The van der Waals surface area contributed by atoms with Crippen LogP contribution < -0.4 is 16.2 Å². The first-order valence-electron chi connectivity index (χ1n) is 6.82. The van der Waals surface area contributed by atoms with Crippen molar-refractivity contribution in [1.82, 2.24) is 16.2 Å². The molecule has 3 N–H and O–H groups in total. The summed E-state index contributed by atoms with van der Waals surface area (Å²) in [5, 5.41) is 3.66. The molecule has 0 spiro atoms. The van der Waals surface area contributed by atoms with Crippen LogP contribution in [0.25, 0.3) is 5.70 Å². The Morgan fingerprint density at radius 3 is 2.10 bits per heavy atom. The molecular formula is C16H25N3S. The molecule has 20 heavy (non-hydrogen) atoms. The number of hydrogen-bond donors (Lipinski definition) is 3. The first-order chi connectivity index (χ1) is 9.20. The summed E-state index contributed by atoms with van der Waals surface area (Å²) in [4.78, 5) is 0. The van der Waals surface area contributed by atoms with Crippen molar-refractivity contribution in [2.24, 2.45) is 0 Å². The Kier molecular flexibility index (Phi) is 5.57. The minimum atomic E-state index is 0.161. The third kappa shape index (κ3) is 5.21. The van der Waals surface area contributed by atoms with Crippen LogP contribution in [-0.2, 0) is 5.41 Å². The molecule has 0 unspecified atom stereocenters. The van der Waals surface area contributed by atoms with Crippen LogP contribution in [0.5, 0.6) is 0 Å². The maximum absolute atomic E-state index is 5.14. The number of hydrogen-bond acceptors (Lipinski definition) is 2. The molecule has 0 radical (unpaired) electrons. The van der Waals surface area contributed by atoms with Gasteiger partial charge in [0.2, 0.25) is 0 Å². The summed E-state index contributed by atoms with van der Waals surface area (Å²) >= 11 is 5.14. The van der Waals surface area contributed by atoms with Gasteiger partial charge in [-0.3, -0.25) is 10.9 Å². The van der Waals surface area contributed by atoms with Gasteiger partial charge in [-0.15, -0.1) is 0 Å². The van der Waals surface area contributed by atoms with Crippen molar-refractivity contribution in [2.75, 3.05) is 0 Å². The van der Waals surface area contributed by atoms with Crippen LogP contribution in [0.4, 0.5) is 0 Å². The van der Waals surface area contributed by atoms with Crippen LogP contribution in [0.1, 0.15) is 45.7 Å². The van der Waals surface area contributed by atoms with Gasteiger partial charge in [-0.05, 0) is 42.6 Å². The summed E-state index contributed by atoms with van der Waals surface area (Å²) in [5.41, 5.74) is 9.24. The maximum Gasteiger partial charge on any atom is 0.185 e. The molecule has 0 saturated heterocycles. The lowest BCUT2D eigenvalue weighted by atomic mass is 9.86. The van der Waals surface area contributed by atoms with Gasteiger partial charge in [-0.25, -0.2) is 0 Å². The lowest BCUT2D eigenvalue weighted by molar-refractivity contribution is 0.590. The zero-order valence-electron chi connectivity index (χ0n) is 13.0. The second-order valence-corrected chi connectivity index (χ2v) is 6.59. The van der Waals surface area contributed by atoms with Crippen molar-refractivity contribution >= 4 is 23.0 Å². The number of nitrogens with one attached hydrogen (secondary N) is 3. The second kappa shape index (κ2) is 6.75. The van der Waals surface area contributed by atoms with Crippen LogP contribution in [0.3, 0.4) is 0 Å². The lowest BCUT2D eigenvalue weighted by Crippen LogP contribution is -2.45. The third-order valence-corrected chi connectivity index (χ3v) is 3.07. The molecule has 0 amide bonds. The monoisotopic (exact) mass is 291 g/mol. The molecule has 0 aliphatic rings. The standard InChI is InChI=1S/C16H25N3S/c1-11(2)17-15(20)19-18-12(3)13-7-9-14(10-8-13)16(4,5)6/h7-11,18H,3H2,1-2,4-6H3,(H2,17,19,20). The van der Waals surface area contributed by atoms with E-state index < -0.39 is 0 Å². The second-order valence-electron chi connectivity index (χ2n) is 6.18. The Balaban J connectivity index is 2.58. The highest BCUT2D eigenvalue weighted by Gasteiger charge is 2.13. The summed E-state index contributed by atoms with van der Waals surface area (Å²) in [6.45, 7) is 14.7. The van der Waals surface area contributed by atoms with Gasteiger partial charge in [-0.2, -0.15) is 0 Å². The smallest absolute Gasteiger partial charge is 0.185 e.